The van der Waals surface area contributed by atoms with Gasteiger partial charge in [-0.1, -0.05) is 45.3 Å². The SMILES string of the molecule is CC(=CCCO)CCC1C(C)CCCC1(C)C. The zero-order chi connectivity index (χ0) is 12.9. The fourth-order valence-electron chi connectivity index (χ4n) is 3.51. The maximum Gasteiger partial charge on any atom is 0.0465 e. The van der Waals surface area contributed by atoms with Crippen LogP contribution in [0, 0.1) is 17.3 Å². The van der Waals surface area contributed by atoms with Gasteiger partial charge in [0.15, 0.2) is 0 Å². The topological polar surface area (TPSA) is 20.2 Å². The Kier molecular flexibility index (Phi) is 5.72. The van der Waals surface area contributed by atoms with Crippen LogP contribution in [0.25, 0.3) is 0 Å². The summed E-state index contributed by atoms with van der Waals surface area (Å²) in [7, 11) is 0. The van der Waals surface area contributed by atoms with Gasteiger partial charge in [-0.3, -0.25) is 0 Å². The minimum absolute atomic E-state index is 0.280. The Morgan fingerprint density at radius 3 is 2.71 bits per heavy atom. The van der Waals surface area contributed by atoms with E-state index in [1.165, 1.54) is 37.7 Å². The molecule has 0 aliphatic heterocycles. The molecule has 1 rings (SSSR count). The van der Waals surface area contributed by atoms with Crippen molar-refractivity contribution >= 4 is 0 Å². The Labute approximate surface area is 107 Å². The Hall–Kier alpha value is -0.300. The molecule has 0 aromatic carbocycles. The molecule has 0 amide bonds. The highest BCUT2D eigenvalue weighted by molar-refractivity contribution is 4.99. The van der Waals surface area contributed by atoms with Crippen LogP contribution in [-0.4, -0.2) is 11.7 Å². The summed E-state index contributed by atoms with van der Waals surface area (Å²) in [6.07, 6.45) is 9.75. The largest absolute Gasteiger partial charge is 0.396 e. The molecule has 1 nitrogen and oxygen atoms in total. The Morgan fingerprint density at radius 2 is 2.12 bits per heavy atom. The van der Waals surface area contributed by atoms with Crippen molar-refractivity contribution in [3.63, 3.8) is 0 Å². The molecule has 1 saturated carbocycles. The predicted molar refractivity (Wildman–Crippen MR) is 75.0 cm³/mol. The van der Waals surface area contributed by atoms with E-state index in [1.54, 1.807) is 0 Å². The molecule has 0 bridgehead atoms. The average Bonchev–Trinajstić information content (AvgIpc) is 2.24. The summed E-state index contributed by atoms with van der Waals surface area (Å²) in [5.74, 6) is 1.75. The fraction of sp³-hybridized carbons (Fsp3) is 0.875. The zero-order valence-corrected chi connectivity index (χ0v) is 12.1. The van der Waals surface area contributed by atoms with Gasteiger partial charge in [0.25, 0.3) is 0 Å². The van der Waals surface area contributed by atoms with E-state index in [4.69, 9.17) is 5.11 Å². The van der Waals surface area contributed by atoms with Crippen LogP contribution in [0.15, 0.2) is 11.6 Å². The first-order chi connectivity index (χ1) is 7.97. The molecule has 0 spiro atoms. The van der Waals surface area contributed by atoms with E-state index in [9.17, 15) is 0 Å². The molecule has 1 aliphatic carbocycles. The van der Waals surface area contributed by atoms with E-state index in [0.29, 0.717) is 5.41 Å². The van der Waals surface area contributed by atoms with E-state index < -0.39 is 0 Å². The fourth-order valence-corrected chi connectivity index (χ4v) is 3.51. The van der Waals surface area contributed by atoms with Crippen molar-refractivity contribution in [2.24, 2.45) is 17.3 Å². The molecular formula is C16H30O. The van der Waals surface area contributed by atoms with Crippen LogP contribution in [-0.2, 0) is 0 Å². The van der Waals surface area contributed by atoms with Crippen LogP contribution in [0.2, 0.25) is 0 Å². The first kappa shape index (κ1) is 14.8. The van der Waals surface area contributed by atoms with Crippen molar-refractivity contribution in [2.45, 2.75) is 66.2 Å². The van der Waals surface area contributed by atoms with Gasteiger partial charge in [-0.2, -0.15) is 0 Å². The van der Waals surface area contributed by atoms with Crippen molar-refractivity contribution in [1.29, 1.82) is 0 Å². The number of hydrogen-bond donors (Lipinski definition) is 1. The lowest BCUT2D eigenvalue weighted by atomic mass is 9.62. The smallest absolute Gasteiger partial charge is 0.0465 e. The summed E-state index contributed by atoms with van der Waals surface area (Å²) in [6, 6.07) is 0. The second-order valence-corrected chi connectivity index (χ2v) is 6.57. The first-order valence-corrected chi connectivity index (χ1v) is 7.24. The number of allylic oxidation sites excluding steroid dienone is 1. The normalized spacial score (nSPS) is 29.4. The molecule has 2 unspecified atom stereocenters. The van der Waals surface area contributed by atoms with Crippen molar-refractivity contribution in [3.05, 3.63) is 11.6 Å². The van der Waals surface area contributed by atoms with Crippen molar-refractivity contribution in [3.8, 4) is 0 Å². The Morgan fingerprint density at radius 1 is 1.41 bits per heavy atom. The Balaban J connectivity index is 2.48. The molecule has 100 valence electrons. The van der Waals surface area contributed by atoms with Gasteiger partial charge >= 0.3 is 0 Å². The van der Waals surface area contributed by atoms with Gasteiger partial charge in [0.2, 0.25) is 0 Å². The third-order valence-electron chi connectivity index (χ3n) is 4.64. The minimum atomic E-state index is 0.280. The maximum absolute atomic E-state index is 8.81. The second kappa shape index (κ2) is 6.58. The number of rotatable bonds is 5. The third kappa shape index (κ3) is 4.46. The molecule has 0 saturated heterocycles. The molecule has 0 heterocycles. The lowest BCUT2D eigenvalue weighted by molar-refractivity contribution is 0.0767. The molecule has 0 aromatic heterocycles. The summed E-state index contributed by atoms with van der Waals surface area (Å²) in [5, 5.41) is 8.81. The first-order valence-electron chi connectivity index (χ1n) is 7.24. The van der Waals surface area contributed by atoms with Gasteiger partial charge in [-0.25, -0.2) is 0 Å². The summed E-state index contributed by atoms with van der Waals surface area (Å²) in [4.78, 5) is 0. The molecule has 1 aliphatic rings. The monoisotopic (exact) mass is 238 g/mol. The summed E-state index contributed by atoms with van der Waals surface area (Å²) < 4.78 is 0. The van der Waals surface area contributed by atoms with Crippen LogP contribution in [0.4, 0.5) is 0 Å². The van der Waals surface area contributed by atoms with Gasteiger partial charge in [0.05, 0.1) is 0 Å². The van der Waals surface area contributed by atoms with Crippen LogP contribution in [0.1, 0.15) is 66.2 Å². The van der Waals surface area contributed by atoms with Crippen LogP contribution < -0.4 is 0 Å². The number of aliphatic hydroxyl groups excluding tert-OH is 1. The molecule has 1 fully saturated rings. The van der Waals surface area contributed by atoms with Crippen molar-refractivity contribution in [2.75, 3.05) is 6.61 Å². The second-order valence-electron chi connectivity index (χ2n) is 6.57. The Bertz CT molecular complexity index is 252. The lowest BCUT2D eigenvalue weighted by Crippen LogP contribution is -2.33. The van der Waals surface area contributed by atoms with E-state index in [2.05, 4.69) is 33.8 Å². The van der Waals surface area contributed by atoms with Crippen LogP contribution >= 0.6 is 0 Å². The van der Waals surface area contributed by atoms with Gasteiger partial charge in [-0.15, -0.1) is 0 Å². The molecule has 0 radical (unpaired) electrons. The highest BCUT2D eigenvalue weighted by Gasteiger charge is 2.35. The van der Waals surface area contributed by atoms with E-state index in [1.807, 2.05) is 0 Å². The predicted octanol–water partition coefficient (Wildman–Crippen LogP) is 4.56. The molecule has 1 N–H and O–H groups in total. The molecule has 0 aromatic rings. The lowest BCUT2D eigenvalue weighted by Gasteiger charge is -2.43. The highest BCUT2D eigenvalue weighted by atomic mass is 16.2. The van der Waals surface area contributed by atoms with E-state index in [-0.39, 0.29) is 6.61 Å². The van der Waals surface area contributed by atoms with Crippen LogP contribution in [0.5, 0.6) is 0 Å². The minimum Gasteiger partial charge on any atom is -0.396 e. The molecular weight excluding hydrogens is 208 g/mol. The van der Waals surface area contributed by atoms with Gasteiger partial charge in [-0.05, 0) is 49.9 Å². The van der Waals surface area contributed by atoms with Crippen molar-refractivity contribution < 1.29 is 5.11 Å². The maximum atomic E-state index is 8.81. The standard InChI is InChI=1S/C16H30O/c1-13(7-6-12-17)9-10-15-14(2)8-5-11-16(15,3)4/h7,14-15,17H,5-6,8-12H2,1-4H3. The van der Waals surface area contributed by atoms with Gasteiger partial charge in [0, 0.05) is 6.61 Å². The van der Waals surface area contributed by atoms with E-state index >= 15 is 0 Å². The van der Waals surface area contributed by atoms with Gasteiger partial charge < -0.3 is 5.11 Å². The average molecular weight is 238 g/mol. The summed E-state index contributed by atoms with van der Waals surface area (Å²) in [5.41, 5.74) is 1.97. The van der Waals surface area contributed by atoms with E-state index in [0.717, 1.165) is 18.3 Å². The molecule has 1 heteroatoms. The third-order valence-corrected chi connectivity index (χ3v) is 4.64. The van der Waals surface area contributed by atoms with Crippen LogP contribution in [0.3, 0.4) is 0 Å². The number of aliphatic hydroxyl groups is 1. The zero-order valence-electron chi connectivity index (χ0n) is 12.1. The molecule has 2 atom stereocenters. The molecule has 17 heavy (non-hydrogen) atoms. The van der Waals surface area contributed by atoms with Gasteiger partial charge in [0.1, 0.15) is 0 Å². The van der Waals surface area contributed by atoms with Crippen molar-refractivity contribution in [1.82, 2.24) is 0 Å². The summed E-state index contributed by atoms with van der Waals surface area (Å²) >= 11 is 0. The highest BCUT2D eigenvalue weighted by Crippen LogP contribution is 2.46. The number of hydrogen-bond acceptors (Lipinski definition) is 1. The quantitative estimate of drug-likeness (QED) is 0.696. The summed E-state index contributed by atoms with van der Waals surface area (Å²) in [6.45, 7) is 9.80.